The predicted molar refractivity (Wildman–Crippen MR) is 74.8 cm³/mol. The second-order valence-electron chi connectivity index (χ2n) is 5.37. The van der Waals surface area contributed by atoms with Gasteiger partial charge in [0.05, 0.1) is 0 Å². The molecule has 3 rings (SSSR count). The van der Waals surface area contributed by atoms with Gasteiger partial charge in [0.15, 0.2) is 0 Å². The van der Waals surface area contributed by atoms with Crippen LogP contribution in [0.2, 0.25) is 0 Å². The molecule has 2 unspecified atom stereocenters. The van der Waals surface area contributed by atoms with Crippen LogP contribution in [0.4, 0.5) is 4.79 Å². The van der Waals surface area contributed by atoms with Crippen molar-refractivity contribution in [3.05, 3.63) is 34.3 Å². The van der Waals surface area contributed by atoms with Crippen LogP contribution in [-0.2, 0) is 4.79 Å². The number of likely N-dealkylation sites (N-methyl/N-ethyl adjacent to an activating group) is 1. The number of nitrogens with zero attached hydrogens (tertiary/aromatic N) is 1. The predicted octanol–water partition coefficient (Wildman–Crippen LogP) is 2.64. The van der Waals surface area contributed by atoms with E-state index in [1.54, 1.807) is 7.05 Å². The van der Waals surface area contributed by atoms with Crippen LogP contribution in [-0.4, -0.2) is 29.4 Å². The van der Waals surface area contributed by atoms with Gasteiger partial charge in [-0.05, 0) is 42.9 Å². The summed E-state index contributed by atoms with van der Waals surface area (Å²) >= 11 is 3.42. The summed E-state index contributed by atoms with van der Waals surface area (Å²) in [4.78, 5) is 25.0. The van der Waals surface area contributed by atoms with Gasteiger partial charge in [-0.3, -0.25) is 9.69 Å². The molecule has 0 aromatic heterocycles. The number of carbonyl (C=O) groups is 2. The van der Waals surface area contributed by atoms with E-state index < -0.39 is 5.54 Å². The van der Waals surface area contributed by atoms with E-state index in [-0.39, 0.29) is 11.9 Å². The Morgan fingerprint density at radius 2 is 2.00 bits per heavy atom. The standard InChI is InChI=1S/C14H15BrN2O2/c1-17-12(18)14(16-13(17)19)7-6-10(8-14)9-2-4-11(15)5-3-9/h2-5,10H,6-8H2,1H3,(H,16,19). The van der Waals surface area contributed by atoms with Crippen LogP contribution in [0.1, 0.15) is 30.7 Å². The quantitative estimate of drug-likeness (QED) is 0.808. The molecule has 4 nitrogen and oxygen atoms in total. The maximum atomic E-state index is 12.2. The Labute approximate surface area is 120 Å². The Kier molecular flexibility index (Phi) is 2.89. The molecular weight excluding hydrogens is 308 g/mol. The normalized spacial score (nSPS) is 30.2. The second kappa shape index (κ2) is 4.34. The van der Waals surface area contributed by atoms with E-state index in [1.165, 1.54) is 10.5 Å². The lowest BCUT2D eigenvalue weighted by Crippen LogP contribution is -2.44. The monoisotopic (exact) mass is 322 g/mol. The summed E-state index contributed by atoms with van der Waals surface area (Å²) in [7, 11) is 1.54. The van der Waals surface area contributed by atoms with Gasteiger partial charge in [-0.2, -0.15) is 0 Å². The number of benzene rings is 1. The van der Waals surface area contributed by atoms with Crippen LogP contribution in [0.15, 0.2) is 28.7 Å². The van der Waals surface area contributed by atoms with E-state index in [9.17, 15) is 9.59 Å². The van der Waals surface area contributed by atoms with Crippen molar-refractivity contribution in [3.63, 3.8) is 0 Å². The Morgan fingerprint density at radius 1 is 1.32 bits per heavy atom. The molecule has 1 N–H and O–H groups in total. The summed E-state index contributed by atoms with van der Waals surface area (Å²) < 4.78 is 1.05. The highest BCUT2D eigenvalue weighted by molar-refractivity contribution is 9.10. The molecule has 5 heteroatoms. The number of rotatable bonds is 1. The van der Waals surface area contributed by atoms with E-state index in [4.69, 9.17) is 0 Å². The second-order valence-corrected chi connectivity index (χ2v) is 6.28. The highest BCUT2D eigenvalue weighted by Crippen LogP contribution is 2.43. The van der Waals surface area contributed by atoms with E-state index in [0.717, 1.165) is 17.3 Å². The smallest absolute Gasteiger partial charge is 0.323 e. The van der Waals surface area contributed by atoms with Crippen LogP contribution < -0.4 is 5.32 Å². The largest absolute Gasteiger partial charge is 0.324 e. The van der Waals surface area contributed by atoms with Crippen molar-refractivity contribution in [2.24, 2.45) is 0 Å². The zero-order valence-corrected chi connectivity index (χ0v) is 12.2. The van der Waals surface area contributed by atoms with E-state index in [0.29, 0.717) is 12.3 Å². The molecule has 100 valence electrons. The third-order valence-electron chi connectivity index (χ3n) is 4.22. The fourth-order valence-electron chi connectivity index (χ4n) is 3.13. The Bertz CT molecular complexity index is 543. The first-order valence-electron chi connectivity index (χ1n) is 6.38. The summed E-state index contributed by atoms with van der Waals surface area (Å²) in [5.74, 6) is 0.251. The minimum Gasteiger partial charge on any atom is -0.323 e. The molecule has 1 spiro atoms. The zero-order chi connectivity index (χ0) is 13.6. The fourth-order valence-corrected chi connectivity index (χ4v) is 3.39. The molecule has 1 saturated carbocycles. The molecule has 19 heavy (non-hydrogen) atoms. The minimum atomic E-state index is -0.663. The topological polar surface area (TPSA) is 49.4 Å². The van der Waals surface area contributed by atoms with Crippen molar-refractivity contribution >= 4 is 27.9 Å². The number of carbonyl (C=O) groups excluding carboxylic acids is 2. The summed E-state index contributed by atoms with van der Waals surface area (Å²) in [5, 5.41) is 2.87. The molecule has 1 aliphatic heterocycles. The van der Waals surface area contributed by atoms with E-state index >= 15 is 0 Å². The van der Waals surface area contributed by atoms with Crippen LogP contribution in [0.5, 0.6) is 0 Å². The van der Waals surface area contributed by atoms with Gasteiger partial charge in [0.2, 0.25) is 0 Å². The number of hydrogen-bond donors (Lipinski definition) is 1. The molecule has 2 aliphatic rings. The van der Waals surface area contributed by atoms with Crippen LogP contribution >= 0.6 is 15.9 Å². The van der Waals surface area contributed by atoms with Gasteiger partial charge in [0.1, 0.15) is 5.54 Å². The molecule has 0 bridgehead atoms. The van der Waals surface area contributed by atoms with E-state index in [2.05, 4.69) is 33.4 Å². The lowest BCUT2D eigenvalue weighted by molar-refractivity contribution is -0.130. The van der Waals surface area contributed by atoms with Gasteiger partial charge in [-0.25, -0.2) is 4.79 Å². The van der Waals surface area contributed by atoms with Crippen molar-refractivity contribution in [2.45, 2.75) is 30.7 Å². The van der Waals surface area contributed by atoms with Crippen molar-refractivity contribution in [1.82, 2.24) is 10.2 Å². The van der Waals surface area contributed by atoms with Gasteiger partial charge in [-0.15, -0.1) is 0 Å². The summed E-state index contributed by atoms with van der Waals surface area (Å²) in [6.45, 7) is 0. The van der Waals surface area contributed by atoms with Gasteiger partial charge in [-0.1, -0.05) is 28.1 Å². The molecule has 1 saturated heterocycles. The molecule has 0 radical (unpaired) electrons. The van der Waals surface area contributed by atoms with Crippen LogP contribution in [0.25, 0.3) is 0 Å². The van der Waals surface area contributed by atoms with Crippen molar-refractivity contribution in [1.29, 1.82) is 0 Å². The number of imide groups is 1. The fraction of sp³-hybridized carbons (Fsp3) is 0.429. The van der Waals surface area contributed by atoms with Gasteiger partial charge < -0.3 is 5.32 Å². The number of hydrogen-bond acceptors (Lipinski definition) is 2. The molecule has 3 amide bonds. The SMILES string of the molecule is CN1C(=O)NC2(CCC(c3ccc(Br)cc3)C2)C1=O. The van der Waals surface area contributed by atoms with Crippen molar-refractivity contribution < 1.29 is 9.59 Å². The molecule has 1 aliphatic carbocycles. The Hall–Kier alpha value is -1.36. The average molecular weight is 323 g/mol. The summed E-state index contributed by atoms with van der Waals surface area (Å²) in [6, 6.07) is 7.92. The lowest BCUT2D eigenvalue weighted by atomic mass is 9.92. The average Bonchev–Trinajstić information content (AvgIpc) is 2.90. The molecule has 1 aromatic carbocycles. The Morgan fingerprint density at radius 3 is 2.58 bits per heavy atom. The molecule has 2 fully saturated rings. The number of halogens is 1. The van der Waals surface area contributed by atoms with Crippen LogP contribution in [0.3, 0.4) is 0 Å². The molecule has 2 atom stereocenters. The third-order valence-corrected chi connectivity index (χ3v) is 4.75. The van der Waals surface area contributed by atoms with E-state index in [1.807, 2.05) is 12.1 Å². The number of amides is 3. The summed E-state index contributed by atoms with van der Waals surface area (Å²) in [6.07, 6.45) is 2.35. The lowest BCUT2D eigenvalue weighted by Gasteiger charge is -2.20. The summed E-state index contributed by atoms with van der Waals surface area (Å²) in [5.41, 5.74) is 0.570. The first kappa shape index (κ1) is 12.7. The number of urea groups is 1. The molecule has 1 heterocycles. The third kappa shape index (κ3) is 1.96. The highest BCUT2D eigenvalue weighted by Gasteiger charge is 2.53. The first-order chi connectivity index (χ1) is 9.02. The number of nitrogens with one attached hydrogen (secondary N) is 1. The van der Waals surface area contributed by atoms with Gasteiger partial charge in [0.25, 0.3) is 5.91 Å². The van der Waals surface area contributed by atoms with Gasteiger partial charge >= 0.3 is 6.03 Å². The molecular formula is C14H15BrN2O2. The van der Waals surface area contributed by atoms with Crippen molar-refractivity contribution in [2.75, 3.05) is 7.05 Å². The maximum Gasteiger partial charge on any atom is 0.324 e. The van der Waals surface area contributed by atoms with Crippen LogP contribution in [0, 0.1) is 0 Å². The highest BCUT2D eigenvalue weighted by atomic mass is 79.9. The Balaban J connectivity index is 1.83. The zero-order valence-electron chi connectivity index (χ0n) is 10.6. The molecule has 1 aromatic rings. The first-order valence-corrected chi connectivity index (χ1v) is 7.17. The maximum absolute atomic E-state index is 12.2. The van der Waals surface area contributed by atoms with Gasteiger partial charge in [0, 0.05) is 11.5 Å². The van der Waals surface area contributed by atoms with Crippen molar-refractivity contribution in [3.8, 4) is 0 Å². The minimum absolute atomic E-state index is 0.0860.